The van der Waals surface area contributed by atoms with Gasteiger partial charge in [-0.3, -0.25) is 14.6 Å². The molecule has 0 aromatic carbocycles. The van der Waals surface area contributed by atoms with Crippen LogP contribution in [0.2, 0.25) is 0 Å². The summed E-state index contributed by atoms with van der Waals surface area (Å²) in [6, 6.07) is 3.87. The average Bonchev–Trinajstić information content (AvgIpc) is 2.61. The van der Waals surface area contributed by atoms with Gasteiger partial charge in [0.05, 0.1) is 6.04 Å². The van der Waals surface area contributed by atoms with Gasteiger partial charge in [0.15, 0.2) is 0 Å². The zero-order valence-corrected chi connectivity index (χ0v) is 15.2. The molecule has 2 amide bonds. The minimum absolute atomic E-state index is 0. The summed E-state index contributed by atoms with van der Waals surface area (Å²) in [6.07, 6.45) is 4.09. The molecule has 0 spiro atoms. The van der Waals surface area contributed by atoms with E-state index in [9.17, 15) is 9.59 Å². The van der Waals surface area contributed by atoms with Crippen LogP contribution in [0.5, 0.6) is 0 Å². The maximum Gasteiger partial charge on any atom is 0.223 e. The van der Waals surface area contributed by atoms with E-state index in [0.29, 0.717) is 19.6 Å². The van der Waals surface area contributed by atoms with Crippen molar-refractivity contribution in [3.8, 4) is 0 Å². The lowest BCUT2D eigenvalue weighted by Gasteiger charge is -2.36. The monoisotopic (exact) mass is 354 g/mol. The van der Waals surface area contributed by atoms with Crippen molar-refractivity contribution in [1.29, 1.82) is 0 Å². The molecule has 2 heterocycles. The zero-order valence-electron chi connectivity index (χ0n) is 14.4. The fraction of sp³-hybridized carbons (Fsp3) is 0.588. The van der Waals surface area contributed by atoms with E-state index in [-0.39, 0.29) is 43.1 Å². The highest BCUT2D eigenvalue weighted by atomic mass is 35.5. The van der Waals surface area contributed by atoms with Crippen molar-refractivity contribution in [1.82, 2.24) is 20.1 Å². The van der Waals surface area contributed by atoms with E-state index in [1.807, 2.05) is 30.9 Å². The van der Waals surface area contributed by atoms with Crippen LogP contribution in [0, 0.1) is 0 Å². The van der Waals surface area contributed by atoms with Crippen molar-refractivity contribution in [2.75, 3.05) is 32.7 Å². The van der Waals surface area contributed by atoms with Gasteiger partial charge >= 0.3 is 0 Å². The summed E-state index contributed by atoms with van der Waals surface area (Å²) < 4.78 is 0. The number of amides is 2. The number of pyridine rings is 1. The van der Waals surface area contributed by atoms with Crippen LogP contribution in [-0.2, 0) is 9.59 Å². The second-order valence-electron chi connectivity index (χ2n) is 5.66. The molecule has 1 N–H and O–H groups in total. The number of rotatable bonds is 6. The van der Waals surface area contributed by atoms with E-state index < -0.39 is 0 Å². The number of nitrogens with one attached hydrogen (secondary N) is 1. The summed E-state index contributed by atoms with van der Waals surface area (Å²) in [6.45, 7) is 7.46. The highest BCUT2D eigenvalue weighted by Crippen LogP contribution is 2.22. The summed E-state index contributed by atoms with van der Waals surface area (Å²) in [4.78, 5) is 32.5. The van der Waals surface area contributed by atoms with E-state index >= 15 is 0 Å². The third kappa shape index (κ3) is 5.18. The highest BCUT2D eigenvalue weighted by Gasteiger charge is 2.28. The Kier molecular flexibility index (Phi) is 8.71. The Morgan fingerprint density at radius 1 is 1.33 bits per heavy atom. The minimum Gasteiger partial charge on any atom is -0.343 e. The molecular weight excluding hydrogens is 328 g/mol. The Balaban J connectivity index is 0.00000288. The minimum atomic E-state index is -0.00601. The Morgan fingerprint density at radius 3 is 2.71 bits per heavy atom. The van der Waals surface area contributed by atoms with Crippen LogP contribution in [0.1, 0.15) is 38.3 Å². The first kappa shape index (κ1) is 20.4. The largest absolute Gasteiger partial charge is 0.343 e. The van der Waals surface area contributed by atoms with Gasteiger partial charge in [-0.25, -0.2) is 0 Å². The molecule has 1 saturated heterocycles. The molecule has 1 fully saturated rings. The molecule has 1 aliphatic heterocycles. The van der Waals surface area contributed by atoms with Gasteiger partial charge in [-0.15, -0.1) is 12.4 Å². The Morgan fingerprint density at radius 2 is 2.08 bits per heavy atom. The van der Waals surface area contributed by atoms with E-state index in [4.69, 9.17) is 0 Å². The zero-order chi connectivity index (χ0) is 16.7. The van der Waals surface area contributed by atoms with E-state index in [2.05, 4.69) is 10.3 Å². The number of halogens is 1. The van der Waals surface area contributed by atoms with E-state index in [1.54, 1.807) is 17.3 Å². The Hall–Kier alpha value is -1.66. The normalized spacial score (nSPS) is 17.1. The molecular formula is C17H27ClN4O2. The van der Waals surface area contributed by atoms with Crippen molar-refractivity contribution < 1.29 is 9.59 Å². The molecule has 134 valence electrons. The maximum absolute atomic E-state index is 12.6. The van der Waals surface area contributed by atoms with Crippen LogP contribution in [-0.4, -0.2) is 59.3 Å². The lowest BCUT2D eigenvalue weighted by Crippen LogP contribution is -2.48. The second-order valence-corrected chi connectivity index (χ2v) is 5.66. The van der Waals surface area contributed by atoms with E-state index in [1.165, 1.54) is 0 Å². The summed E-state index contributed by atoms with van der Waals surface area (Å²) in [7, 11) is 0. The third-order valence-electron chi connectivity index (χ3n) is 4.30. The number of nitrogens with zero attached hydrogens (tertiary/aromatic N) is 3. The number of carbonyl (C=O) groups excluding carboxylic acids is 2. The van der Waals surface area contributed by atoms with Gasteiger partial charge in [-0.1, -0.05) is 6.07 Å². The summed E-state index contributed by atoms with van der Waals surface area (Å²) in [5, 5.41) is 3.32. The average molecular weight is 355 g/mol. The molecule has 0 bridgehead atoms. The number of hydrogen-bond acceptors (Lipinski definition) is 4. The van der Waals surface area contributed by atoms with Gasteiger partial charge in [0, 0.05) is 58.0 Å². The topological polar surface area (TPSA) is 65.5 Å². The Bertz CT molecular complexity index is 523. The van der Waals surface area contributed by atoms with E-state index in [0.717, 1.165) is 18.7 Å². The van der Waals surface area contributed by atoms with Gasteiger partial charge in [-0.05, 0) is 25.5 Å². The summed E-state index contributed by atoms with van der Waals surface area (Å²) in [5.41, 5.74) is 1.03. The molecule has 1 aromatic rings. The summed E-state index contributed by atoms with van der Waals surface area (Å²) in [5.74, 6) is 0.0947. The highest BCUT2D eigenvalue weighted by molar-refractivity contribution is 5.85. The van der Waals surface area contributed by atoms with Crippen molar-refractivity contribution >= 4 is 24.2 Å². The maximum atomic E-state index is 12.6. The quantitative estimate of drug-likeness (QED) is 0.843. The van der Waals surface area contributed by atoms with Crippen LogP contribution in [0.3, 0.4) is 0 Å². The number of piperazine rings is 1. The number of hydrogen-bond donors (Lipinski definition) is 1. The van der Waals surface area contributed by atoms with Gasteiger partial charge in [0.1, 0.15) is 0 Å². The fourth-order valence-corrected chi connectivity index (χ4v) is 2.97. The van der Waals surface area contributed by atoms with Crippen molar-refractivity contribution in [3.63, 3.8) is 0 Å². The lowest BCUT2D eigenvalue weighted by atomic mass is 10.0. The number of aromatic nitrogens is 1. The molecule has 6 nitrogen and oxygen atoms in total. The molecule has 1 atom stereocenters. The van der Waals surface area contributed by atoms with Crippen molar-refractivity contribution in [2.24, 2.45) is 0 Å². The molecule has 0 aliphatic carbocycles. The standard InChI is InChI=1S/C17H26N4O2.ClH/c1-3-20(4-2)16(22)7-8-17(23)21-11-10-19-13-15(21)14-6-5-9-18-12-14;/h5-6,9,12,15,19H,3-4,7-8,10-11,13H2,1-2H3;1H. The summed E-state index contributed by atoms with van der Waals surface area (Å²) >= 11 is 0. The smallest absolute Gasteiger partial charge is 0.223 e. The molecule has 24 heavy (non-hydrogen) atoms. The van der Waals surface area contributed by atoms with Crippen LogP contribution >= 0.6 is 12.4 Å². The molecule has 1 aliphatic rings. The van der Waals surface area contributed by atoms with Gasteiger partial charge in [0.25, 0.3) is 0 Å². The number of carbonyl (C=O) groups is 2. The second kappa shape index (κ2) is 10.3. The predicted molar refractivity (Wildman–Crippen MR) is 96.0 cm³/mol. The van der Waals surface area contributed by atoms with Crippen LogP contribution < -0.4 is 5.32 Å². The third-order valence-corrected chi connectivity index (χ3v) is 4.30. The van der Waals surface area contributed by atoms with Crippen molar-refractivity contribution in [3.05, 3.63) is 30.1 Å². The first-order valence-corrected chi connectivity index (χ1v) is 8.35. The van der Waals surface area contributed by atoms with Gasteiger partial charge in [-0.2, -0.15) is 0 Å². The Labute approximate surface area is 150 Å². The van der Waals surface area contributed by atoms with Gasteiger partial charge in [0.2, 0.25) is 11.8 Å². The van der Waals surface area contributed by atoms with Crippen LogP contribution in [0.25, 0.3) is 0 Å². The molecule has 1 unspecified atom stereocenters. The SMILES string of the molecule is CCN(CC)C(=O)CCC(=O)N1CCNCC1c1cccnc1.Cl. The first-order valence-electron chi connectivity index (χ1n) is 8.35. The van der Waals surface area contributed by atoms with Crippen LogP contribution in [0.15, 0.2) is 24.5 Å². The van der Waals surface area contributed by atoms with Crippen molar-refractivity contribution in [2.45, 2.75) is 32.7 Å². The molecule has 1 aromatic heterocycles. The first-order chi connectivity index (χ1) is 11.2. The predicted octanol–water partition coefficient (Wildman–Crippen LogP) is 1.62. The lowest BCUT2D eigenvalue weighted by molar-refractivity contribution is -0.138. The molecule has 0 saturated carbocycles. The van der Waals surface area contributed by atoms with Crippen LogP contribution in [0.4, 0.5) is 0 Å². The molecule has 0 radical (unpaired) electrons. The molecule has 2 rings (SSSR count). The fourth-order valence-electron chi connectivity index (χ4n) is 2.97. The molecule has 7 heteroatoms. The van der Waals surface area contributed by atoms with Gasteiger partial charge < -0.3 is 15.1 Å².